The van der Waals surface area contributed by atoms with E-state index in [4.69, 9.17) is 4.98 Å². The fourth-order valence-corrected chi connectivity index (χ4v) is 5.18. The van der Waals surface area contributed by atoms with Gasteiger partial charge in [0.1, 0.15) is 4.83 Å². The van der Waals surface area contributed by atoms with Gasteiger partial charge in [-0.3, -0.25) is 14.2 Å². The van der Waals surface area contributed by atoms with Gasteiger partial charge in [0.05, 0.1) is 11.1 Å². The molecule has 0 radical (unpaired) electrons. The molecule has 32 heavy (non-hydrogen) atoms. The fraction of sp³-hybridized carbons (Fsp3) is 0.160. The van der Waals surface area contributed by atoms with Crippen LogP contribution in [0.2, 0.25) is 0 Å². The Labute approximate surface area is 194 Å². The van der Waals surface area contributed by atoms with Gasteiger partial charge in [-0.1, -0.05) is 67.2 Å². The van der Waals surface area contributed by atoms with Crippen LogP contribution >= 0.6 is 23.1 Å². The number of nitrogens with one attached hydrogen (secondary N) is 1. The Hall–Kier alpha value is -3.16. The molecule has 1 amide bonds. The first kappa shape index (κ1) is 22.0. The molecule has 0 fully saturated rings. The van der Waals surface area contributed by atoms with Gasteiger partial charge in [-0.05, 0) is 29.7 Å². The summed E-state index contributed by atoms with van der Waals surface area (Å²) in [6, 6.07) is 17.6. The fourth-order valence-electron chi connectivity index (χ4n) is 3.39. The van der Waals surface area contributed by atoms with Crippen LogP contribution in [0.5, 0.6) is 0 Å². The molecule has 4 rings (SSSR count). The molecule has 0 saturated carbocycles. The van der Waals surface area contributed by atoms with Crippen molar-refractivity contribution in [2.24, 2.45) is 0 Å². The summed E-state index contributed by atoms with van der Waals surface area (Å²) in [5.74, 6) is 0.0107. The molecule has 2 aromatic heterocycles. The number of thioether (sulfide) groups is 1. The van der Waals surface area contributed by atoms with Crippen LogP contribution in [0.4, 0.5) is 5.69 Å². The molecule has 4 aromatic rings. The zero-order chi connectivity index (χ0) is 22.5. The Kier molecular flexibility index (Phi) is 6.87. The monoisotopic (exact) mass is 461 g/mol. The molecule has 0 aliphatic heterocycles. The number of fused-ring (bicyclic) bond motifs is 1. The van der Waals surface area contributed by atoms with Crippen LogP contribution in [0.15, 0.2) is 82.6 Å². The smallest absolute Gasteiger partial charge is 0.263 e. The van der Waals surface area contributed by atoms with Crippen LogP contribution < -0.4 is 10.9 Å². The minimum absolute atomic E-state index is 0.118. The van der Waals surface area contributed by atoms with E-state index in [0.717, 1.165) is 23.2 Å². The molecule has 2 aromatic carbocycles. The first-order valence-corrected chi connectivity index (χ1v) is 12.2. The van der Waals surface area contributed by atoms with E-state index in [9.17, 15) is 9.59 Å². The van der Waals surface area contributed by atoms with Crippen LogP contribution in [-0.2, 0) is 17.8 Å². The number of carbonyl (C=O) groups is 1. The van der Waals surface area contributed by atoms with Gasteiger partial charge in [-0.15, -0.1) is 17.9 Å². The highest BCUT2D eigenvalue weighted by molar-refractivity contribution is 7.99. The van der Waals surface area contributed by atoms with Crippen molar-refractivity contribution in [3.05, 3.63) is 88.5 Å². The highest BCUT2D eigenvalue weighted by Gasteiger charge is 2.17. The predicted molar refractivity (Wildman–Crippen MR) is 135 cm³/mol. The van der Waals surface area contributed by atoms with E-state index < -0.39 is 0 Å². The summed E-state index contributed by atoms with van der Waals surface area (Å²) in [4.78, 5) is 31.2. The first-order chi connectivity index (χ1) is 15.6. The Balaban J connectivity index is 1.59. The van der Waals surface area contributed by atoms with E-state index in [-0.39, 0.29) is 17.2 Å². The van der Waals surface area contributed by atoms with Crippen molar-refractivity contribution in [1.29, 1.82) is 0 Å². The average molecular weight is 462 g/mol. The van der Waals surface area contributed by atoms with Crippen molar-refractivity contribution in [3.8, 4) is 11.1 Å². The zero-order valence-corrected chi connectivity index (χ0v) is 19.3. The largest absolute Gasteiger partial charge is 0.325 e. The lowest BCUT2D eigenvalue weighted by Gasteiger charge is -2.11. The second kappa shape index (κ2) is 9.97. The predicted octanol–water partition coefficient (Wildman–Crippen LogP) is 5.60. The number of hydrogen-bond acceptors (Lipinski definition) is 5. The van der Waals surface area contributed by atoms with E-state index in [1.54, 1.807) is 10.6 Å². The maximum Gasteiger partial charge on any atom is 0.263 e. The third-order valence-electron chi connectivity index (χ3n) is 5.03. The third kappa shape index (κ3) is 4.69. The highest BCUT2D eigenvalue weighted by Crippen LogP contribution is 2.32. The summed E-state index contributed by atoms with van der Waals surface area (Å²) >= 11 is 2.69. The van der Waals surface area contributed by atoms with Gasteiger partial charge in [0.25, 0.3) is 5.56 Å². The molecule has 5 nitrogen and oxygen atoms in total. The normalized spacial score (nSPS) is 10.9. The summed E-state index contributed by atoms with van der Waals surface area (Å²) in [7, 11) is 0. The average Bonchev–Trinajstić information content (AvgIpc) is 3.25. The van der Waals surface area contributed by atoms with Crippen LogP contribution in [0, 0.1) is 0 Å². The molecule has 0 saturated heterocycles. The molecule has 2 heterocycles. The number of thiophene rings is 1. The molecule has 0 atom stereocenters. The number of amides is 1. The molecule has 1 N–H and O–H groups in total. The van der Waals surface area contributed by atoms with Gasteiger partial charge in [0.15, 0.2) is 5.16 Å². The van der Waals surface area contributed by atoms with Crippen molar-refractivity contribution in [3.63, 3.8) is 0 Å². The van der Waals surface area contributed by atoms with E-state index in [1.165, 1.54) is 28.7 Å². The minimum atomic E-state index is -0.144. The molecule has 0 bridgehead atoms. The second-order valence-electron chi connectivity index (χ2n) is 7.18. The lowest BCUT2D eigenvalue weighted by atomic mass is 10.1. The second-order valence-corrected chi connectivity index (χ2v) is 8.98. The summed E-state index contributed by atoms with van der Waals surface area (Å²) < 4.78 is 1.59. The molecule has 0 aliphatic rings. The number of hydrogen-bond donors (Lipinski definition) is 1. The zero-order valence-electron chi connectivity index (χ0n) is 17.7. The molecule has 7 heteroatoms. The van der Waals surface area contributed by atoms with Gasteiger partial charge in [0, 0.05) is 23.2 Å². The number of rotatable bonds is 8. The van der Waals surface area contributed by atoms with Crippen molar-refractivity contribution in [2.75, 3.05) is 11.1 Å². The molecule has 0 unspecified atom stereocenters. The lowest BCUT2D eigenvalue weighted by Crippen LogP contribution is -2.23. The number of aromatic nitrogens is 2. The number of allylic oxidation sites excluding steroid dienone is 1. The van der Waals surface area contributed by atoms with Gasteiger partial charge < -0.3 is 5.32 Å². The van der Waals surface area contributed by atoms with E-state index in [1.807, 2.05) is 60.0 Å². The lowest BCUT2D eigenvalue weighted by molar-refractivity contribution is -0.113. The quantitative estimate of drug-likeness (QED) is 0.211. The van der Waals surface area contributed by atoms with Crippen molar-refractivity contribution in [1.82, 2.24) is 9.55 Å². The van der Waals surface area contributed by atoms with Crippen molar-refractivity contribution >= 4 is 44.9 Å². The number of aryl methyl sites for hydroxylation is 1. The van der Waals surface area contributed by atoms with E-state index in [0.29, 0.717) is 21.9 Å². The van der Waals surface area contributed by atoms with Gasteiger partial charge in [-0.2, -0.15) is 0 Å². The van der Waals surface area contributed by atoms with Crippen LogP contribution in [-0.4, -0.2) is 21.2 Å². The van der Waals surface area contributed by atoms with Crippen LogP contribution in [0.25, 0.3) is 21.3 Å². The SMILES string of the molecule is C=CCn1c(SCC(=O)Nc2ccc(CC)cc2)nc2scc(-c3ccccc3)c2c1=O. The highest BCUT2D eigenvalue weighted by atomic mass is 32.2. The van der Waals surface area contributed by atoms with Crippen LogP contribution in [0.3, 0.4) is 0 Å². The Bertz CT molecular complexity index is 1310. The van der Waals surface area contributed by atoms with Gasteiger partial charge in [0.2, 0.25) is 5.91 Å². The summed E-state index contributed by atoms with van der Waals surface area (Å²) in [6.45, 7) is 6.20. The molecule has 162 valence electrons. The number of anilines is 1. The number of carbonyl (C=O) groups excluding carboxylic acids is 1. The third-order valence-corrected chi connectivity index (χ3v) is 6.88. The molecule has 0 aliphatic carbocycles. The first-order valence-electron chi connectivity index (χ1n) is 10.3. The number of benzene rings is 2. The minimum Gasteiger partial charge on any atom is -0.325 e. The standard InChI is InChI=1S/C25H23N3O2S2/c1-3-14-28-24(30)22-20(18-8-6-5-7-9-18)15-31-23(22)27-25(28)32-16-21(29)26-19-12-10-17(4-2)11-13-19/h3,5-13,15H,1,4,14,16H2,2H3,(H,26,29). The summed E-state index contributed by atoms with van der Waals surface area (Å²) in [5.41, 5.74) is 3.72. The Morgan fingerprint density at radius 2 is 1.94 bits per heavy atom. The molecular formula is C25H23N3O2S2. The van der Waals surface area contributed by atoms with Gasteiger partial charge in [-0.25, -0.2) is 4.98 Å². The van der Waals surface area contributed by atoms with Crippen LogP contribution in [0.1, 0.15) is 12.5 Å². The maximum atomic E-state index is 13.4. The Morgan fingerprint density at radius 1 is 1.19 bits per heavy atom. The van der Waals surface area contributed by atoms with Gasteiger partial charge >= 0.3 is 0 Å². The maximum absolute atomic E-state index is 13.4. The van der Waals surface area contributed by atoms with E-state index >= 15 is 0 Å². The number of nitrogens with zero attached hydrogens (tertiary/aromatic N) is 2. The van der Waals surface area contributed by atoms with E-state index in [2.05, 4.69) is 18.8 Å². The topological polar surface area (TPSA) is 64.0 Å². The molecular weight excluding hydrogens is 438 g/mol. The van der Waals surface area contributed by atoms with Crippen molar-refractivity contribution in [2.45, 2.75) is 25.0 Å². The Morgan fingerprint density at radius 3 is 2.62 bits per heavy atom. The summed E-state index contributed by atoms with van der Waals surface area (Å²) in [6.07, 6.45) is 2.62. The molecule has 0 spiro atoms. The van der Waals surface area contributed by atoms with Crippen molar-refractivity contribution < 1.29 is 4.79 Å². The summed E-state index contributed by atoms with van der Waals surface area (Å²) in [5, 5.41) is 5.98.